The van der Waals surface area contributed by atoms with E-state index in [2.05, 4.69) is 31.9 Å². The number of hydrogen-bond acceptors (Lipinski definition) is 3. The van der Waals surface area contributed by atoms with Crippen LogP contribution < -0.4 is 5.73 Å². The summed E-state index contributed by atoms with van der Waals surface area (Å²) in [5.41, 5.74) is 7.30. The average molecular weight is 402 g/mol. The molecule has 0 aliphatic carbocycles. The third-order valence-electron chi connectivity index (χ3n) is 2.18. The molecule has 0 aliphatic heterocycles. The summed E-state index contributed by atoms with van der Waals surface area (Å²) in [5, 5.41) is 2.83. The summed E-state index contributed by atoms with van der Waals surface area (Å²) < 4.78 is 2.09. The molecule has 2 aromatic heterocycles. The van der Waals surface area contributed by atoms with Crippen LogP contribution in [-0.4, -0.2) is 0 Å². The van der Waals surface area contributed by atoms with E-state index in [0.29, 0.717) is 0 Å². The van der Waals surface area contributed by atoms with E-state index in [1.54, 1.807) is 22.7 Å². The number of thiophene rings is 2. The Morgan fingerprint density at radius 3 is 2.56 bits per heavy atom. The summed E-state index contributed by atoms with van der Waals surface area (Å²) in [7, 11) is 0. The quantitative estimate of drug-likeness (QED) is 0.722. The number of rotatable bonds is 2. The van der Waals surface area contributed by atoms with Crippen molar-refractivity contribution in [3.05, 3.63) is 40.0 Å². The van der Waals surface area contributed by atoms with Gasteiger partial charge in [0, 0.05) is 14.2 Å². The van der Waals surface area contributed by atoms with Gasteiger partial charge in [-0.15, -0.1) is 22.7 Å². The highest BCUT2D eigenvalue weighted by atomic mass is 79.9. The largest absolute Gasteiger partial charge is 0.319 e. The summed E-state index contributed by atoms with van der Waals surface area (Å²) in [6.45, 7) is 2.00. The lowest BCUT2D eigenvalue weighted by atomic mass is 10.2. The summed E-state index contributed by atoms with van der Waals surface area (Å²) in [6.07, 6.45) is 0. The van der Waals surface area contributed by atoms with Gasteiger partial charge in [-0.1, -0.05) is 11.6 Å². The molecule has 0 spiro atoms. The molecule has 0 fully saturated rings. The van der Waals surface area contributed by atoms with Crippen molar-refractivity contribution in [3.63, 3.8) is 0 Å². The van der Waals surface area contributed by atoms with Crippen LogP contribution in [0.5, 0.6) is 0 Å². The van der Waals surface area contributed by atoms with E-state index >= 15 is 0 Å². The third-order valence-corrected chi connectivity index (χ3v) is 7.31. The van der Waals surface area contributed by atoms with Gasteiger partial charge in [-0.3, -0.25) is 0 Å². The van der Waals surface area contributed by atoms with E-state index in [-0.39, 0.29) is 6.04 Å². The maximum Gasteiger partial charge on any atom is 0.0843 e. The van der Waals surface area contributed by atoms with E-state index in [1.165, 1.54) is 0 Å². The Labute approximate surface area is 124 Å². The van der Waals surface area contributed by atoms with Crippen molar-refractivity contribution in [3.8, 4) is 0 Å². The molecule has 86 valence electrons. The SMILES string of the molecule is Cc1csc(C(N)c2cc(Br)c(Br)s2)c1Cl. The minimum atomic E-state index is -0.140. The molecule has 0 saturated heterocycles. The second-order valence-corrected chi connectivity index (χ2v) is 7.89. The molecule has 1 atom stereocenters. The molecule has 0 bridgehead atoms. The first-order valence-electron chi connectivity index (χ1n) is 4.44. The van der Waals surface area contributed by atoms with Crippen molar-refractivity contribution >= 4 is 66.1 Å². The molecule has 2 rings (SSSR count). The fourth-order valence-electron chi connectivity index (χ4n) is 1.31. The lowest BCUT2D eigenvalue weighted by molar-refractivity contribution is 0.916. The van der Waals surface area contributed by atoms with Crippen LogP contribution in [0.15, 0.2) is 19.7 Å². The monoisotopic (exact) mass is 399 g/mol. The molecule has 0 saturated carbocycles. The highest BCUT2D eigenvalue weighted by Crippen LogP contribution is 2.40. The number of nitrogens with two attached hydrogens (primary N) is 1. The molecule has 1 nitrogen and oxygen atoms in total. The van der Waals surface area contributed by atoms with Crippen LogP contribution in [0.4, 0.5) is 0 Å². The summed E-state index contributed by atoms with van der Waals surface area (Å²) in [6, 6.07) is 1.89. The van der Waals surface area contributed by atoms with Crippen molar-refractivity contribution in [2.75, 3.05) is 0 Å². The number of hydrogen-bond donors (Lipinski definition) is 1. The Balaban J connectivity index is 2.38. The van der Waals surface area contributed by atoms with Crippen molar-refractivity contribution in [2.45, 2.75) is 13.0 Å². The Kier molecular flexibility index (Phi) is 4.14. The normalized spacial score (nSPS) is 13.1. The first-order valence-corrected chi connectivity index (χ1v) is 8.10. The Hall–Kier alpha value is 0.610. The maximum absolute atomic E-state index is 6.21. The van der Waals surface area contributed by atoms with Gasteiger partial charge < -0.3 is 5.73 Å². The number of halogens is 3. The second-order valence-electron chi connectivity index (χ2n) is 3.35. The van der Waals surface area contributed by atoms with Crippen molar-refractivity contribution in [1.82, 2.24) is 0 Å². The van der Waals surface area contributed by atoms with E-state index in [4.69, 9.17) is 17.3 Å². The lowest BCUT2D eigenvalue weighted by Crippen LogP contribution is -2.08. The summed E-state index contributed by atoms with van der Waals surface area (Å²) >= 11 is 16.4. The van der Waals surface area contributed by atoms with E-state index in [1.807, 2.05) is 18.4 Å². The maximum atomic E-state index is 6.21. The highest BCUT2D eigenvalue weighted by molar-refractivity contribution is 9.13. The average Bonchev–Trinajstić information content (AvgIpc) is 2.73. The second kappa shape index (κ2) is 5.08. The highest BCUT2D eigenvalue weighted by Gasteiger charge is 2.18. The predicted molar refractivity (Wildman–Crippen MR) is 79.8 cm³/mol. The topological polar surface area (TPSA) is 26.0 Å². The zero-order valence-corrected chi connectivity index (χ0v) is 13.8. The van der Waals surface area contributed by atoms with Crippen LogP contribution in [0.25, 0.3) is 0 Å². The molecule has 0 radical (unpaired) electrons. The van der Waals surface area contributed by atoms with Crippen LogP contribution in [0.1, 0.15) is 21.4 Å². The third kappa shape index (κ3) is 2.40. The van der Waals surface area contributed by atoms with Crippen LogP contribution >= 0.6 is 66.1 Å². The lowest BCUT2D eigenvalue weighted by Gasteiger charge is -2.07. The first kappa shape index (κ1) is 13.1. The van der Waals surface area contributed by atoms with Gasteiger partial charge in [0.05, 0.1) is 14.9 Å². The minimum Gasteiger partial charge on any atom is -0.319 e. The van der Waals surface area contributed by atoms with Crippen molar-refractivity contribution in [1.29, 1.82) is 0 Å². The number of aryl methyl sites for hydroxylation is 1. The minimum absolute atomic E-state index is 0.140. The van der Waals surface area contributed by atoms with Gasteiger partial charge in [0.25, 0.3) is 0 Å². The zero-order chi connectivity index (χ0) is 11.9. The molecular weight excluding hydrogens is 394 g/mol. The fraction of sp³-hybridized carbons (Fsp3) is 0.200. The molecule has 0 aromatic carbocycles. The van der Waals surface area contributed by atoms with Gasteiger partial charge >= 0.3 is 0 Å². The predicted octanol–water partition coefficient (Wildman–Crippen LogP) is 5.34. The molecule has 2 heterocycles. The standard InChI is InChI=1S/C10H8Br2ClNS2/c1-4-3-15-9(7(4)13)8(14)6-2-5(11)10(12)16-6/h2-3,8H,14H2,1H3. The van der Waals surface area contributed by atoms with Crippen LogP contribution in [0, 0.1) is 6.92 Å². The molecule has 2 aromatic rings. The summed E-state index contributed by atoms with van der Waals surface area (Å²) in [5.74, 6) is 0. The van der Waals surface area contributed by atoms with Crippen LogP contribution in [0.2, 0.25) is 5.02 Å². The van der Waals surface area contributed by atoms with Crippen molar-refractivity contribution < 1.29 is 0 Å². The van der Waals surface area contributed by atoms with E-state index in [0.717, 1.165) is 28.6 Å². The van der Waals surface area contributed by atoms with E-state index < -0.39 is 0 Å². The van der Waals surface area contributed by atoms with Gasteiger partial charge in [-0.2, -0.15) is 0 Å². The molecule has 0 amide bonds. The molecule has 0 aliphatic rings. The zero-order valence-electron chi connectivity index (χ0n) is 8.26. The Morgan fingerprint density at radius 1 is 1.44 bits per heavy atom. The van der Waals surface area contributed by atoms with Gasteiger partial charge in [0.2, 0.25) is 0 Å². The van der Waals surface area contributed by atoms with Crippen LogP contribution in [0.3, 0.4) is 0 Å². The fourth-order valence-corrected chi connectivity index (χ4v) is 4.81. The molecule has 6 heteroatoms. The molecule has 2 N–H and O–H groups in total. The van der Waals surface area contributed by atoms with Gasteiger partial charge in [0.15, 0.2) is 0 Å². The Morgan fingerprint density at radius 2 is 2.12 bits per heavy atom. The van der Waals surface area contributed by atoms with Crippen LogP contribution in [-0.2, 0) is 0 Å². The molecule has 16 heavy (non-hydrogen) atoms. The molecule has 1 unspecified atom stereocenters. The van der Waals surface area contributed by atoms with Gasteiger partial charge in [-0.05, 0) is 55.8 Å². The smallest absolute Gasteiger partial charge is 0.0843 e. The Bertz CT molecular complexity index is 501. The van der Waals surface area contributed by atoms with Gasteiger partial charge in [-0.25, -0.2) is 0 Å². The summed E-state index contributed by atoms with van der Waals surface area (Å²) in [4.78, 5) is 2.13. The molecular formula is C10H8Br2ClNS2. The van der Waals surface area contributed by atoms with Crippen molar-refractivity contribution in [2.24, 2.45) is 5.73 Å². The van der Waals surface area contributed by atoms with E-state index in [9.17, 15) is 0 Å². The first-order chi connectivity index (χ1) is 7.50. The van der Waals surface area contributed by atoms with Gasteiger partial charge in [0.1, 0.15) is 0 Å².